The van der Waals surface area contributed by atoms with Gasteiger partial charge < -0.3 is 20.7 Å². The van der Waals surface area contributed by atoms with Gasteiger partial charge in [-0.3, -0.25) is 4.79 Å². The first-order valence-corrected chi connectivity index (χ1v) is 9.84. The second-order valence-corrected chi connectivity index (χ2v) is 7.35. The first-order chi connectivity index (χ1) is 14.8. The standard InChI is InChI=1S/C22H18ClF2N3O2S/c1-12-9-20(30-2)19(11-17(12)23)28-22(31)27-15-6-4-14(5-7-15)26-21(29)16-10-13(24)3-8-18(16)25/h3-11H,1-2H3,(H,26,29)(H2,27,28,31). The molecule has 0 heterocycles. The Morgan fingerprint density at radius 2 is 1.61 bits per heavy atom. The van der Waals surface area contributed by atoms with Crippen molar-refractivity contribution in [3.8, 4) is 5.75 Å². The largest absolute Gasteiger partial charge is 0.495 e. The predicted octanol–water partition coefficient (Wildman–Crippen LogP) is 6.00. The average Bonchev–Trinajstić information content (AvgIpc) is 2.73. The number of halogens is 3. The average molecular weight is 462 g/mol. The van der Waals surface area contributed by atoms with Crippen molar-refractivity contribution in [2.45, 2.75) is 6.92 Å². The van der Waals surface area contributed by atoms with Gasteiger partial charge >= 0.3 is 0 Å². The number of carbonyl (C=O) groups is 1. The molecule has 0 radical (unpaired) electrons. The second kappa shape index (κ2) is 9.72. The van der Waals surface area contributed by atoms with Crippen LogP contribution in [0.4, 0.5) is 25.8 Å². The van der Waals surface area contributed by atoms with Crippen molar-refractivity contribution >= 4 is 51.9 Å². The van der Waals surface area contributed by atoms with Crippen LogP contribution in [0.2, 0.25) is 5.02 Å². The normalized spacial score (nSPS) is 10.4. The summed E-state index contributed by atoms with van der Waals surface area (Å²) in [6, 6.07) is 12.8. The molecule has 31 heavy (non-hydrogen) atoms. The maximum Gasteiger partial charge on any atom is 0.258 e. The van der Waals surface area contributed by atoms with Crippen LogP contribution in [0.1, 0.15) is 15.9 Å². The molecule has 0 aromatic heterocycles. The van der Waals surface area contributed by atoms with Crippen LogP contribution >= 0.6 is 23.8 Å². The molecule has 0 unspecified atom stereocenters. The van der Waals surface area contributed by atoms with Gasteiger partial charge in [0.2, 0.25) is 0 Å². The minimum atomic E-state index is -0.805. The van der Waals surface area contributed by atoms with Crippen molar-refractivity contribution in [2.75, 3.05) is 23.1 Å². The highest BCUT2D eigenvalue weighted by molar-refractivity contribution is 7.80. The van der Waals surface area contributed by atoms with Crippen LogP contribution in [0.5, 0.6) is 5.75 Å². The Hall–Kier alpha value is -3.23. The fraction of sp³-hybridized carbons (Fsp3) is 0.0909. The van der Waals surface area contributed by atoms with Gasteiger partial charge in [0, 0.05) is 16.4 Å². The topological polar surface area (TPSA) is 62.4 Å². The molecular formula is C22H18ClF2N3O2S. The lowest BCUT2D eigenvalue weighted by atomic mass is 10.2. The number of benzene rings is 3. The zero-order valence-corrected chi connectivity index (χ0v) is 18.1. The number of hydrogen-bond donors (Lipinski definition) is 3. The summed E-state index contributed by atoms with van der Waals surface area (Å²) >= 11 is 11.5. The molecule has 0 spiro atoms. The monoisotopic (exact) mass is 461 g/mol. The number of carbonyl (C=O) groups excluding carboxylic acids is 1. The molecule has 3 N–H and O–H groups in total. The van der Waals surface area contributed by atoms with E-state index >= 15 is 0 Å². The van der Waals surface area contributed by atoms with E-state index < -0.39 is 17.5 Å². The molecule has 5 nitrogen and oxygen atoms in total. The lowest BCUT2D eigenvalue weighted by Gasteiger charge is -2.15. The van der Waals surface area contributed by atoms with Gasteiger partial charge in [0.15, 0.2) is 5.11 Å². The van der Waals surface area contributed by atoms with Crippen molar-refractivity contribution in [1.82, 2.24) is 0 Å². The van der Waals surface area contributed by atoms with Crippen LogP contribution in [-0.2, 0) is 0 Å². The van der Waals surface area contributed by atoms with E-state index in [1.54, 1.807) is 43.5 Å². The summed E-state index contributed by atoms with van der Waals surface area (Å²) in [5, 5.41) is 9.42. The number of hydrogen-bond acceptors (Lipinski definition) is 3. The highest BCUT2D eigenvalue weighted by Crippen LogP contribution is 2.31. The minimum absolute atomic E-state index is 0.303. The van der Waals surface area contributed by atoms with Crippen molar-refractivity contribution in [2.24, 2.45) is 0 Å². The molecule has 1 amide bonds. The maximum atomic E-state index is 13.7. The molecule has 9 heteroatoms. The Bertz CT molecular complexity index is 1140. The van der Waals surface area contributed by atoms with Crippen LogP contribution in [0, 0.1) is 18.6 Å². The number of aryl methyl sites for hydroxylation is 1. The number of thiocarbonyl (C=S) groups is 1. The highest BCUT2D eigenvalue weighted by Gasteiger charge is 2.13. The maximum absolute atomic E-state index is 13.7. The number of ether oxygens (including phenoxy) is 1. The molecule has 0 saturated heterocycles. The molecule has 0 atom stereocenters. The third-order valence-corrected chi connectivity index (χ3v) is 4.91. The van der Waals surface area contributed by atoms with Crippen LogP contribution in [0.25, 0.3) is 0 Å². The van der Waals surface area contributed by atoms with Gasteiger partial charge in [-0.1, -0.05) is 11.6 Å². The quantitative estimate of drug-likeness (QED) is 0.407. The van der Waals surface area contributed by atoms with Crippen LogP contribution in [0.3, 0.4) is 0 Å². The lowest BCUT2D eigenvalue weighted by molar-refractivity contribution is 0.102. The van der Waals surface area contributed by atoms with Crippen molar-refractivity contribution in [3.05, 3.63) is 82.4 Å². The van der Waals surface area contributed by atoms with Crippen molar-refractivity contribution < 1.29 is 18.3 Å². The Kier molecular flexibility index (Phi) is 7.04. The summed E-state index contributed by atoms with van der Waals surface area (Å²) in [5.41, 5.74) is 2.16. The number of rotatable bonds is 5. The molecule has 0 aliphatic carbocycles. The molecule has 0 saturated carbocycles. The molecule has 3 aromatic carbocycles. The van der Waals surface area contributed by atoms with Gasteiger partial charge in [0.1, 0.15) is 17.4 Å². The molecule has 0 aliphatic heterocycles. The van der Waals surface area contributed by atoms with Crippen molar-refractivity contribution in [1.29, 1.82) is 0 Å². The lowest BCUT2D eigenvalue weighted by Crippen LogP contribution is -2.19. The number of nitrogens with one attached hydrogen (secondary N) is 3. The van der Waals surface area contributed by atoms with Gasteiger partial charge in [-0.15, -0.1) is 0 Å². The molecular weight excluding hydrogens is 444 g/mol. The van der Waals surface area contributed by atoms with E-state index in [0.29, 0.717) is 32.9 Å². The molecule has 0 bridgehead atoms. The van der Waals surface area contributed by atoms with E-state index in [1.165, 1.54) is 0 Å². The third kappa shape index (κ3) is 5.68. The Labute approximate surface area is 188 Å². The number of anilines is 3. The van der Waals surface area contributed by atoms with E-state index in [4.69, 9.17) is 28.6 Å². The van der Waals surface area contributed by atoms with E-state index in [1.807, 2.05) is 6.92 Å². The summed E-state index contributed by atoms with van der Waals surface area (Å²) in [4.78, 5) is 12.2. The zero-order chi connectivity index (χ0) is 22.5. The predicted molar refractivity (Wildman–Crippen MR) is 123 cm³/mol. The SMILES string of the molecule is COc1cc(C)c(Cl)cc1NC(=S)Nc1ccc(NC(=O)c2cc(F)ccc2F)cc1. The molecule has 0 fully saturated rings. The first-order valence-electron chi connectivity index (χ1n) is 9.05. The Morgan fingerprint density at radius 3 is 2.26 bits per heavy atom. The van der Waals surface area contributed by atoms with Gasteiger partial charge in [-0.05, 0) is 79.3 Å². The number of amides is 1. The van der Waals surface area contributed by atoms with E-state index in [0.717, 1.165) is 23.8 Å². The number of methoxy groups -OCH3 is 1. The second-order valence-electron chi connectivity index (χ2n) is 6.54. The van der Waals surface area contributed by atoms with E-state index in [9.17, 15) is 13.6 Å². The van der Waals surface area contributed by atoms with Gasteiger partial charge in [-0.2, -0.15) is 0 Å². The summed E-state index contributed by atoms with van der Waals surface area (Å²) in [5.74, 6) is -1.66. The third-order valence-electron chi connectivity index (χ3n) is 4.30. The summed E-state index contributed by atoms with van der Waals surface area (Å²) in [7, 11) is 1.55. The van der Waals surface area contributed by atoms with Crippen LogP contribution in [-0.4, -0.2) is 18.1 Å². The Balaban J connectivity index is 1.64. The summed E-state index contributed by atoms with van der Waals surface area (Å²) in [6.45, 7) is 1.87. The molecule has 3 rings (SSSR count). The van der Waals surface area contributed by atoms with Gasteiger partial charge in [-0.25, -0.2) is 8.78 Å². The molecule has 0 aliphatic rings. The molecule has 3 aromatic rings. The molecule has 160 valence electrons. The first kappa shape index (κ1) is 22.5. The van der Waals surface area contributed by atoms with Crippen molar-refractivity contribution in [3.63, 3.8) is 0 Å². The Morgan fingerprint density at radius 1 is 0.968 bits per heavy atom. The smallest absolute Gasteiger partial charge is 0.258 e. The summed E-state index contributed by atoms with van der Waals surface area (Å²) in [6.07, 6.45) is 0. The van der Waals surface area contributed by atoms with Gasteiger partial charge in [0.25, 0.3) is 5.91 Å². The zero-order valence-electron chi connectivity index (χ0n) is 16.6. The minimum Gasteiger partial charge on any atom is -0.495 e. The van der Waals surface area contributed by atoms with Crippen LogP contribution < -0.4 is 20.7 Å². The van der Waals surface area contributed by atoms with Gasteiger partial charge in [0.05, 0.1) is 18.4 Å². The summed E-state index contributed by atoms with van der Waals surface area (Å²) < 4.78 is 32.4. The fourth-order valence-electron chi connectivity index (χ4n) is 2.71. The van der Waals surface area contributed by atoms with E-state index in [-0.39, 0.29) is 5.56 Å². The fourth-order valence-corrected chi connectivity index (χ4v) is 3.10. The van der Waals surface area contributed by atoms with Crippen LogP contribution in [0.15, 0.2) is 54.6 Å². The van der Waals surface area contributed by atoms with E-state index in [2.05, 4.69) is 16.0 Å². The highest BCUT2D eigenvalue weighted by atomic mass is 35.5.